The second-order valence-corrected chi connectivity index (χ2v) is 7.67. The molecular formula is C18H24FN. The van der Waals surface area contributed by atoms with Crippen molar-refractivity contribution in [2.45, 2.75) is 59.3 Å². The molecule has 2 heteroatoms. The van der Waals surface area contributed by atoms with Crippen molar-refractivity contribution in [3.63, 3.8) is 0 Å². The van der Waals surface area contributed by atoms with E-state index < -0.39 is 0 Å². The Morgan fingerprint density at radius 1 is 0.900 bits per heavy atom. The lowest BCUT2D eigenvalue weighted by Crippen LogP contribution is -2.18. The van der Waals surface area contributed by atoms with Crippen molar-refractivity contribution >= 4 is 10.9 Å². The SMILES string of the molecule is Cc1cc2nc(C(C)(C)C)cc(C(C)(C)C)c2cc1F. The Morgan fingerprint density at radius 2 is 1.50 bits per heavy atom. The number of hydrogen-bond donors (Lipinski definition) is 0. The fraction of sp³-hybridized carbons (Fsp3) is 0.500. The first kappa shape index (κ1) is 15.0. The highest BCUT2D eigenvalue weighted by Crippen LogP contribution is 2.34. The smallest absolute Gasteiger partial charge is 0.126 e. The molecule has 0 N–H and O–H groups in total. The van der Waals surface area contributed by atoms with E-state index in [1.54, 1.807) is 13.0 Å². The van der Waals surface area contributed by atoms with E-state index in [0.29, 0.717) is 5.56 Å². The summed E-state index contributed by atoms with van der Waals surface area (Å²) < 4.78 is 13.9. The lowest BCUT2D eigenvalue weighted by molar-refractivity contribution is 0.557. The van der Waals surface area contributed by atoms with Crippen LogP contribution in [-0.4, -0.2) is 4.98 Å². The van der Waals surface area contributed by atoms with Crippen LogP contribution in [0.25, 0.3) is 10.9 Å². The maximum atomic E-state index is 13.9. The molecule has 0 radical (unpaired) electrons. The molecule has 1 aromatic carbocycles. The van der Waals surface area contributed by atoms with E-state index in [-0.39, 0.29) is 16.6 Å². The summed E-state index contributed by atoms with van der Waals surface area (Å²) in [7, 11) is 0. The van der Waals surface area contributed by atoms with Gasteiger partial charge in [0.25, 0.3) is 0 Å². The second kappa shape index (κ2) is 4.54. The van der Waals surface area contributed by atoms with Crippen molar-refractivity contribution in [2.24, 2.45) is 0 Å². The van der Waals surface area contributed by atoms with Crippen molar-refractivity contribution in [3.8, 4) is 0 Å². The molecular weight excluding hydrogens is 249 g/mol. The Morgan fingerprint density at radius 3 is 2.00 bits per heavy atom. The van der Waals surface area contributed by atoms with Gasteiger partial charge in [-0.3, -0.25) is 4.98 Å². The van der Waals surface area contributed by atoms with Gasteiger partial charge in [0, 0.05) is 16.5 Å². The normalized spacial score (nSPS) is 13.0. The van der Waals surface area contributed by atoms with E-state index in [1.165, 1.54) is 0 Å². The van der Waals surface area contributed by atoms with Crippen molar-refractivity contribution < 1.29 is 4.39 Å². The molecule has 2 aromatic rings. The minimum atomic E-state index is -0.159. The van der Waals surface area contributed by atoms with Gasteiger partial charge in [-0.25, -0.2) is 4.39 Å². The number of nitrogens with zero attached hydrogens (tertiary/aromatic N) is 1. The van der Waals surface area contributed by atoms with Gasteiger partial charge >= 0.3 is 0 Å². The predicted molar refractivity (Wildman–Crippen MR) is 83.8 cm³/mol. The van der Waals surface area contributed by atoms with Crippen molar-refractivity contribution in [1.82, 2.24) is 4.98 Å². The van der Waals surface area contributed by atoms with Crippen LogP contribution in [0.2, 0.25) is 0 Å². The van der Waals surface area contributed by atoms with Crippen LogP contribution in [0.1, 0.15) is 58.4 Å². The molecule has 1 nitrogen and oxygen atoms in total. The number of aryl methyl sites for hydroxylation is 1. The van der Waals surface area contributed by atoms with E-state index >= 15 is 0 Å². The van der Waals surface area contributed by atoms with Crippen molar-refractivity contribution in [1.29, 1.82) is 0 Å². The topological polar surface area (TPSA) is 12.9 Å². The molecule has 20 heavy (non-hydrogen) atoms. The van der Waals surface area contributed by atoms with Crippen molar-refractivity contribution in [3.05, 3.63) is 40.8 Å². The summed E-state index contributed by atoms with van der Waals surface area (Å²) in [5.41, 5.74) is 3.70. The molecule has 0 amide bonds. The van der Waals surface area contributed by atoms with Gasteiger partial charge < -0.3 is 0 Å². The van der Waals surface area contributed by atoms with E-state index in [4.69, 9.17) is 4.98 Å². The Bertz CT molecular complexity index is 658. The van der Waals surface area contributed by atoms with Gasteiger partial charge in [0.05, 0.1) is 5.52 Å². The zero-order chi connectivity index (χ0) is 15.3. The molecule has 108 valence electrons. The molecule has 0 aliphatic rings. The average Bonchev–Trinajstić information content (AvgIpc) is 2.26. The monoisotopic (exact) mass is 273 g/mol. The molecule has 0 aliphatic heterocycles. The number of benzene rings is 1. The van der Waals surface area contributed by atoms with Crippen LogP contribution >= 0.6 is 0 Å². The van der Waals surface area contributed by atoms with Gasteiger partial charge in [-0.15, -0.1) is 0 Å². The van der Waals surface area contributed by atoms with E-state index in [9.17, 15) is 4.39 Å². The van der Waals surface area contributed by atoms with Crippen LogP contribution in [0.5, 0.6) is 0 Å². The Balaban J connectivity index is 2.89. The second-order valence-electron chi connectivity index (χ2n) is 7.67. The van der Waals surface area contributed by atoms with Gasteiger partial charge in [-0.05, 0) is 41.7 Å². The third-order valence-corrected chi connectivity index (χ3v) is 3.67. The van der Waals surface area contributed by atoms with Gasteiger partial charge in [0.1, 0.15) is 5.82 Å². The molecule has 0 bridgehead atoms. The largest absolute Gasteiger partial charge is 0.252 e. The van der Waals surface area contributed by atoms with E-state index in [0.717, 1.165) is 22.2 Å². The van der Waals surface area contributed by atoms with Crippen LogP contribution < -0.4 is 0 Å². The minimum absolute atomic E-state index is 0.0174. The van der Waals surface area contributed by atoms with Crippen molar-refractivity contribution in [2.75, 3.05) is 0 Å². The summed E-state index contributed by atoms with van der Waals surface area (Å²) in [6.07, 6.45) is 0. The molecule has 1 heterocycles. The molecule has 0 unspecified atom stereocenters. The Kier molecular flexibility index (Phi) is 3.40. The number of halogens is 1. The first-order valence-electron chi connectivity index (χ1n) is 7.12. The number of hydrogen-bond acceptors (Lipinski definition) is 1. The lowest BCUT2D eigenvalue weighted by atomic mass is 9.81. The third-order valence-electron chi connectivity index (χ3n) is 3.67. The van der Waals surface area contributed by atoms with Crippen LogP contribution in [0.4, 0.5) is 4.39 Å². The number of pyridine rings is 1. The molecule has 0 aliphatic carbocycles. The highest BCUT2D eigenvalue weighted by molar-refractivity contribution is 5.84. The fourth-order valence-electron chi connectivity index (χ4n) is 2.36. The molecule has 0 fully saturated rings. The molecule has 0 spiro atoms. The predicted octanol–water partition coefficient (Wildman–Crippen LogP) is 5.28. The zero-order valence-corrected chi connectivity index (χ0v) is 13.6. The number of aromatic nitrogens is 1. The van der Waals surface area contributed by atoms with Crippen LogP contribution in [0, 0.1) is 12.7 Å². The lowest BCUT2D eigenvalue weighted by Gasteiger charge is -2.26. The number of rotatable bonds is 0. The standard InChI is InChI=1S/C18H24FN/c1-11-8-15-12(9-14(11)19)13(17(2,3)4)10-16(20-15)18(5,6)7/h8-10H,1-7H3. The summed E-state index contributed by atoms with van der Waals surface area (Å²) in [5, 5.41) is 0.925. The summed E-state index contributed by atoms with van der Waals surface area (Å²) in [6.45, 7) is 14.7. The number of fused-ring (bicyclic) bond motifs is 1. The molecule has 1 aromatic heterocycles. The summed E-state index contributed by atoms with van der Waals surface area (Å²) >= 11 is 0. The fourth-order valence-corrected chi connectivity index (χ4v) is 2.36. The maximum absolute atomic E-state index is 13.9. The molecule has 0 atom stereocenters. The van der Waals surface area contributed by atoms with Gasteiger partial charge in [0.2, 0.25) is 0 Å². The van der Waals surface area contributed by atoms with Crippen LogP contribution in [0.3, 0.4) is 0 Å². The molecule has 0 saturated carbocycles. The summed E-state index contributed by atoms with van der Waals surface area (Å²) in [6, 6.07) is 5.62. The summed E-state index contributed by atoms with van der Waals surface area (Å²) in [5.74, 6) is -0.159. The third kappa shape index (κ3) is 2.70. The summed E-state index contributed by atoms with van der Waals surface area (Å²) in [4.78, 5) is 4.76. The maximum Gasteiger partial charge on any atom is 0.126 e. The van der Waals surface area contributed by atoms with Crippen LogP contribution in [0.15, 0.2) is 18.2 Å². The highest BCUT2D eigenvalue weighted by atomic mass is 19.1. The van der Waals surface area contributed by atoms with E-state index in [1.807, 2.05) is 6.07 Å². The Labute approximate surface area is 121 Å². The van der Waals surface area contributed by atoms with Gasteiger partial charge in [-0.2, -0.15) is 0 Å². The quantitative estimate of drug-likeness (QED) is 0.636. The van der Waals surface area contributed by atoms with Gasteiger partial charge in [0.15, 0.2) is 0 Å². The highest BCUT2D eigenvalue weighted by Gasteiger charge is 2.23. The van der Waals surface area contributed by atoms with E-state index in [2.05, 4.69) is 47.6 Å². The molecule has 2 rings (SSSR count). The zero-order valence-electron chi connectivity index (χ0n) is 13.6. The van der Waals surface area contributed by atoms with Crippen LogP contribution in [-0.2, 0) is 10.8 Å². The van der Waals surface area contributed by atoms with Gasteiger partial charge in [-0.1, -0.05) is 41.5 Å². The Hall–Kier alpha value is -1.44. The average molecular weight is 273 g/mol. The molecule has 0 saturated heterocycles. The first-order chi connectivity index (χ1) is 9.00. The minimum Gasteiger partial charge on any atom is -0.252 e. The first-order valence-corrected chi connectivity index (χ1v) is 7.12.